The van der Waals surface area contributed by atoms with Crippen LogP contribution in [0.25, 0.3) is 0 Å². The zero-order valence-corrected chi connectivity index (χ0v) is 25.1. The predicted octanol–water partition coefficient (Wildman–Crippen LogP) is 3.55. The van der Waals surface area contributed by atoms with E-state index in [1.165, 1.54) is 5.56 Å². The Morgan fingerprint density at radius 3 is 2.56 bits per heavy atom. The van der Waals surface area contributed by atoms with E-state index in [9.17, 15) is 9.59 Å². The highest BCUT2D eigenvalue weighted by molar-refractivity contribution is 5.86. The number of nitrogens with one attached hydrogen (secondary N) is 3. The summed E-state index contributed by atoms with van der Waals surface area (Å²) in [7, 11) is 0. The van der Waals surface area contributed by atoms with Crippen LogP contribution in [0.5, 0.6) is 11.5 Å². The van der Waals surface area contributed by atoms with Gasteiger partial charge in [-0.15, -0.1) is 0 Å². The molecule has 0 spiro atoms. The molecule has 11 heteroatoms. The Hall–Kier alpha value is -3.57. The first kappa shape index (κ1) is 29.5. The number of nitrogens with two attached hydrogens (primary N) is 2. The summed E-state index contributed by atoms with van der Waals surface area (Å²) in [6, 6.07) is 6.78. The van der Waals surface area contributed by atoms with Crippen molar-refractivity contribution in [3.8, 4) is 11.5 Å². The van der Waals surface area contributed by atoms with Crippen molar-refractivity contribution in [2.45, 2.75) is 94.2 Å². The highest BCUT2D eigenvalue weighted by Gasteiger charge is 2.41. The molecule has 6 rings (SSSR count). The van der Waals surface area contributed by atoms with Crippen LogP contribution >= 0.6 is 0 Å². The molecule has 0 unspecified atom stereocenters. The van der Waals surface area contributed by atoms with E-state index in [1.807, 2.05) is 17.2 Å². The van der Waals surface area contributed by atoms with Gasteiger partial charge in [-0.05, 0) is 87.9 Å². The van der Waals surface area contributed by atoms with Gasteiger partial charge in [-0.3, -0.25) is 9.36 Å². The van der Waals surface area contributed by atoms with E-state index in [-0.39, 0.29) is 17.6 Å². The van der Waals surface area contributed by atoms with Gasteiger partial charge in [0.05, 0.1) is 23.2 Å². The van der Waals surface area contributed by atoms with Crippen LogP contribution in [0.2, 0.25) is 0 Å². The molecule has 0 atom stereocenters. The van der Waals surface area contributed by atoms with E-state index in [4.69, 9.17) is 16.2 Å². The minimum absolute atomic E-state index is 0.110. The number of amides is 1. The van der Waals surface area contributed by atoms with E-state index in [0.29, 0.717) is 29.3 Å². The highest BCUT2D eigenvalue weighted by atomic mass is 16.5. The number of rotatable bonds is 9. The summed E-state index contributed by atoms with van der Waals surface area (Å²) in [5.41, 5.74) is 13.1. The van der Waals surface area contributed by atoms with Crippen LogP contribution < -0.4 is 37.8 Å². The van der Waals surface area contributed by atoms with Gasteiger partial charge in [0.2, 0.25) is 5.91 Å². The van der Waals surface area contributed by atoms with Gasteiger partial charge in [0.1, 0.15) is 0 Å². The molecule has 0 radical (unpaired) electrons. The van der Waals surface area contributed by atoms with E-state index in [1.54, 1.807) is 4.57 Å². The summed E-state index contributed by atoms with van der Waals surface area (Å²) in [5, 5.41) is 10.0. The van der Waals surface area contributed by atoms with Crippen molar-refractivity contribution < 1.29 is 9.53 Å². The average molecular weight is 591 g/mol. The Bertz CT molecular complexity index is 1390. The maximum Gasteiger partial charge on any atom is 0.350 e. The number of fused-ring (bicyclic) bond motifs is 2. The Morgan fingerprint density at radius 2 is 1.84 bits per heavy atom. The quantitative estimate of drug-likeness (QED) is 0.236. The predicted molar refractivity (Wildman–Crippen MR) is 167 cm³/mol. The molecule has 0 bridgehead atoms. The van der Waals surface area contributed by atoms with Crippen LogP contribution in [-0.4, -0.2) is 58.1 Å². The molecule has 1 aromatic heterocycles. The Kier molecular flexibility index (Phi) is 8.63. The molecule has 4 aliphatic rings. The Balaban J connectivity index is 1.03. The largest absolute Gasteiger partial charge is 0.450 e. The lowest BCUT2D eigenvalue weighted by molar-refractivity contribution is -0.137. The van der Waals surface area contributed by atoms with Crippen LogP contribution in [0.15, 0.2) is 41.6 Å². The zero-order valence-electron chi connectivity index (χ0n) is 25.1. The first-order chi connectivity index (χ1) is 20.8. The molecule has 2 aromatic rings. The number of nitrogens with zero attached hydrogens (tertiary/aromatic N) is 3. The minimum Gasteiger partial charge on any atom is -0.450 e. The lowest BCUT2D eigenvalue weighted by Gasteiger charge is -2.37. The number of hydrogen-bond donors (Lipinski definition) is 5. The highest BCUT2D eigenvalue weighted by Crippen LogP contribution is 2.43. The average Bonchev–Trinajstić information content (AvgIpc) is 3.47. The summed E-state index contributed by atoms with van der Waals surface area (Å²) in [6.45, 7) is 6.84. The third kappa shape index (κ3) is 6.52. The standard InChI is InChI=1S/C32H46N8O3/c1-21(33)35-15-4-16-36-24-6-8-25(9-7-24)40-20-28-29(38-31(40)42)37-26-19-23(5-10-27(26)43-28)22-11-17-39(18-12-22)30(41)32(34)13-2-3-14-32/h5,10,19-20,22,24-25,35-36H,1-4,6-9,11-18,33-34H2,(H,37,38,42). The minimum atomic E-state index is -0.658. The number of aromatic nitrogens is 2. The van der Waals surface area contributed by atoms with Gasteiger partial charge >= 0.3 is 5.69 Å². The number of hydrogen-bond acceptors (Lipinski definition) is 9. The molecule has 3 fully saturated rings. The van der Waals surface area contributed by atoms with Crippen molar-refractivity contribution in [2.24, 2.45) is 11.5 Å². The maximum absolute atomic E-state index is 13.1. The van der Waals surface area contributed by atoms with Crippen molar-refractivity contribution in [2.75, 3.05) is 31.5 Å². The zero-order chi connectivity index (χ0) is 30.0. The van der Waals surface area contributed by atoms with Crippen molar-refractivity contribution in [1.82, 2.24) is 25.1 Å². The van der Waals surface area contributed by atoms with E-state index >= 15 is 0 Å². The summed E-state index contributed by atoms with van der Waals surface area (Å²) < 4.78 is 8.00. The number of piperidine rings is 1. The summed E-state index contributed by atoms with van der Waals surface area (Å²) in [4.78, 5) is 32.5. The second kappa shape index (κ2) is 12.6. The lowest BCUT2D eigenvalue weighted by Crippen LogP contribution is -2.55. The second-order valence-electron chi connectivity index (χ2n) is 12.8. The van der Waals surface area contributed by atoms with Gasteiger partial charge in [-0.25, -0.2) is 4.79 Å². The molecule has 2 aliphatic heterocycles. The third-order valence-electron chi connectivity index (χ3n) is 9.80. The van der Waals surface area contributed by atoms with Crippen molar-refractivity contribution >= 4 is 17.4 Å². The normalized spacial score (nSPS) is 23.0. The fraction of sp³-hybridized carbons (Fsp3) is 0.594. The molecular formula is C32H46N8O3. The van der Waals surface area contributed by atoms with Crippen molar-refractivity contribution in [3.63, 3.8) is 0 Å². The van der Waals surface area contributed by atoms with Crippen LogP contribution in [0.4, 0.5) is 11.5 Å². The maximum atomic E-state index is 13.1. The first-order valence-electron chi connectivity index (χ1n) is 16.0. The molecule has 11 nitrogen and oxygen atoms in total. The van der Waals surface area contributed by atoms with Crippen LogP contribution in [0.3, 0.4) is 0 Å². The SMILES string of the molecule is C=C(N)NCCCNC1CCC(n2cc3c(nc2=O)Nc2cc(C4CCN(C(=O)C5(N)CCCC5)CC4)ccc2O3)CC1. The van der Waals surface area contributed by atoms with Gasteiger partial charge in [0.25, 0.3) is 0 Å². The number of benzene rings is 1. The molecule has 3 heterocycles. The van der Waals surface area contributed by atoms with Crippen LogP contribution in [0, 0.1) is 0 Å². The van der Waals surface area contributed by atoms with Gasteiger partial charge in [-0.2, -0.15) is 4.98 Å². The number of likely N-dealkylation sites (tertiary alicyclic amines) is 1. The Morgan fingerprint density at radius 1 is 1.09 bits per heavy atom. The van der Waals surface area contributed by atoms with Crippen LogP contribution in [0.1, 0.15) is 88.2 Å². The molecular weight excluding hydrogens is 544 g/mol. The van der Waals surface area contributed by atoms with E-state index < -0.39 is 5.54 Å². The summed E-state index contributed by atoms with van der Waals surface area (Å²) in [6.07, 6.45) is 12.1. The molecule has 1 saturated heterocycles. The molecule has 232 valence electrons. The topological polar surface area (TPSA) is 153 Å². The summed E-state index contributed by atoms with van der Waals surface area (Å²) in [5.74, 6) is 2.74. The second-order valence-corrected chi connectivity index (χ2v) is 12.8. The fourth-order valence-corrected chi connectivity index (χ4v) is 7.26. The lowest BCUT2D eigenvalue weighted by atomic mass is 9.87. The van der Waals surface area contributed by atoms with Gasteiger partial charge in [0.15, 0.2) is 17.3 Å². The van der Waals surface area contributed by atoms with E-state index in [2.05, 4.69) is 39.6 Å². The molecule has 1 aromatic carbocycles. The number of ether oxygens (including phenoxy) is 1. The molecule has 2 aliphatic carbocycles. The summed E-state index contributed by atoms with van der Waals surface area (Å²) >= 11 is 0. The fourth-order valence-electron chi connectivity index (χ4n) is 7.26. The number of carbonyl (C=O) groups is 1. The van der Waals surface area contributed by atoms with Crippen molar-refractivity contribution in [3.05, 3.63) is 52.8 Å². The third-order valence-corrected chi connectivity index (χ3v) is 9.80. The smallest absolute Gasteiger partial charge is 0.350 e. The Labute approximate surface area is 253 Å². The van der Waals surface area contributed by atoms with Gasteiger partial charge in [0, 0.05) is 31.7 Å². The molecule has 43 heavy (non-hydrogen) atoms. The van der Waals surface area contributed by atoms with E-state index in [0.717, 1.165) is 108 Å². The molecule has 1 amide bonds. The molecule has 2 saturated carbocycles. The monoisotopic (exact) mass is 590 g/mol. The molecule has 7 N–H and O–H groups in total. The number of carbonyl (C=O) groups excluding carboxylic acids is 1. The van der Waals surface area contributed by atoms with Gasteiger partial charge < -0.3 is 37.1 Å². The van der Waals surface area contributed by atoms with Gasteiger partial charge in [-0.1, -0.05) is 25.5 Å². The van der Waals surface area contributed by atoms with Crippen LogP contribution in [-0.2, 0) is 4.79 Å². The van der Waals surface area contributed by atoms with Crippen molar-refractivity contribution in [1.29, 1.82) is 0 Å². The first-order valence-corrected chi connectivity index (χ1v) is 16.0. The number of anilines is 2.